The van der Waals surface area contributed by atoms with Gasteiger partial charge >= 0.3 is 0 Å². The first-order valence-electron chi connectivity index (χ1n) is 14.8. The molecular formula is C35H36Cl3N3O4S. The SMILES string of the molecule is CC[C@@H](C)NC(=O)[C@@H](Cc1ccccc1)N(Cc1c(Cl)cccc1Cl)C(=O)CN(c1cc(Cl)ccc1C)S(=O)(=O)c1ccccc1. The average Bonchev–Trinajstić information content (AvgIpc) is 3.04. The summed E-state index contributed by atoms with van der Waals surface area (Å²) in [6, 6.07) is 25.8. The highest BCUT2D eigenvalue weighted by molar-refractivity contribution is 7.92. The van der Waals surface area contributed by atoms with Gasteiger partial charge in [0.25, 0.3) is 10.0 Å². The summed E-state index contributed by atoms with van der Waals surface area (Å²) in [5, 5.41) is 3.93. The van der Waals surface area contributed by atoms with Gasteiger partial charge in [-0.15, -0.1) is 0 Å². The molecule has 0 radical (unpaired) electrons. The van der Waals surface area contributed by atoms with Gasteiger partial charge in [0.1, 0.15) is 12.6 Å². The Balaban J connectivity index is 1.87. The number of hydrogen-bond acceptors (Lipinski definition) is 4. The van der Waals surface area contributed by atoms with Crippen molar-refractivity contribution in [3.05, 3.63) is 129 Å². The van der Waals surface area contributed by atoms with Gasteiger partial charge in [-0.1, -0.05) is 102 Å². The van der Waals surface area contributed by atoms with Gasteiger partial charge in [-0.05, 0) is 67.8 Å². The van der Waals surface area contributed by atoms with Crippen molar-refractivity contribution in [1.82, 2.24) is 10.2 Å². The first kappa shape index (κ1) is 35.3. The molecule has 4 aromatic carbocycles. The van der Waals surface area contributed by atoms with Crippen LogP contribution in [0, 0.1) is 6.92 Å². The van der Waals surface area contributed by atoms with Crippen LogP contribution < -0.4 is 9.62 Å². The van der Waals surface area contributed by atoms with Crippen LogP contribution in [0.2, 0.25) is 15.1 Å². The van der Waals surface area contributed by atoms with Crippen LogP contribution in [0.15, 0.2) is 102 Å². The summed E-state index contributed by atoms with van der Waals surface area (Å²) in [6.45, 7) is 4.80. The molecule has 0 heterocycles. The third kappa shape index (κ3) is 8.62. The van der Waals surface area contributed by atoms with Crippen molar-refractivity contribution in [2.75, 3.05) is 10.8 Å². The van der Waals surface area contributed by atoms with Crippen molar-refractivity contribution < 1.29 is 18.0 Å². The van der Waals surface area contributed by atoms with E-state index in [-0.39, 0.29) is 35.5 Å². The lowest BCUT2D eigenvalue weighted by Gasteiger charge is -2.35. The number of rotatable bonds is 13. The topological polar surface area (TPSA) is 86.8 Å². The first-order chi connectivity index (χ1) is 21.9. The molecule has 242 valence electrons. The molecule has 46 heavy (non-hydrogen) atoms. The maximum Gasteiger partial charge on any atom is 0.264 e. The molecule has 0 saturated heterocycles. The van der Waals surface area contributed by atoms with Crippen LogP contribution in [0.5, 0.6) is 0 Å². The van der Waals surface area contributed by atoms with E-state index >= 15 is 0 Å². The largest absolute Gasteiger partial charge is 0.352 e. The van der Waals surface area contributed by atoms with Gasteiger partial charge in [0.15, 0.2) is 0 Å². The van der Waals surface area contributed by atoms with E-state index in [4.69, 9.17) is 34.8 Å². The van der Waals surface area contributed by atoms with Crippen molar-refractivity contribution in [2.45, 2.75) is 57.1 Å². The Morgan fingerprint density at radius 2 is 1.46 bits per heavy atom. The van der Waals surface area contributed by atoms with Crippen LogP contribution in [-0.2, 0) is 32.6 Å². The molecule has 1 N–H and O–H groups in total. The van der Waals surface area contributed by atoms with Gasteiger partial charge in [-0.2, -0.15) is 0 Å². The molecule has 2 atom stereocenters. The van der Waals surface area contributed by atoms with E-state index in [1.807, 2.05) is 44.2 Å². The summed E-state index contributed by atoms with van der Waals surface area (Å²) in [6.07, 6.45) is 0.837. The second-order valence-electron chi connectivity index (χ2n) is 11.0. The van der Waals surface area contributed by atoms with Crippen LogP contribution in [0.4, 0.5) is 5.69 Å². The van der Waals surface area contributed by atoms with Crippen LogP contribution in [0.1, 0.15) is 37.0 Å². The fraction of sp³-hybridized carbons (Fsp3) is 0.257. The van der Waals surface area contributed by atoms with Crippen molar-refractivity contribution >= 4 is 62.3 Å². The second kappa shape index (κ2) is 15.8. The molecule has 0 aliphatic heterocycles. The molecule has 0 aliphatic rings. The highest BCUT2D eigenvalue weighted by Crippen LogP contribution is 2.31. The zero-order valence-corrected chi connectivity index (χ0v) is 28.9. The van der Waals surface area contributed by atoms with E-state index in [1.165, 1.54) is 23.1 Å². The Hall–Kier alpha value is -3.56. The number of nitrogens with one attached hydrogen (secondary N) is 1. The molecule has 0 aliphatic carbocycles. The van der Waals surface area contributed by atoms with Crippen LogP contribution in [0.25, 0.3) is 0 Å². The Morgan fingerprint density at radius 3 is 2.07 bits per heavy atom. The number of sulfonamides is 1. The molecule has 0 aromatic heterocycles. The molecule has 0 saturated carbocycles. The standard InChI is InChI=1S/C35H36Cl3N3O4S/c1-4-25(3)39-35(43)33(20-26-12-7-5-8-13-26)40(22-29-30(37)16-11-17-31(29)38)34(42)23-41(32-21-27(36)19-18-24(32)2)46(44,45)28-14-9-6-10-15-28/h5-19,21,25,33H,4,20,22-23H2,1-3H3,(H,39,43)/t25-,33-/m1/s1. The van der Waals surface area contributed by atoms with E-state index < -0.39 is 28.5 Å². The molecule has 7 nitrogen and oxygen atoms in total. The maximum atomic E-state index is 14.6. The number of amides is 2. The number of hydrogen-bond donors (Lipinski definition) is 1. The number of benzene rings is 4. The number of carbonyl (C=O) groups excluding carboxylic acids is 2. The van der Waals surface area contributed by atoms with E-state index in [9.17, 15) is 18.0 Å². The molecule has 0 spiro atoms. The van der Waals surface area contributed by atoms with Gasteiger partial charge < -0.3 is 10.2 Å². The lowest BCUT2D eigenvalue weighted by atomic mass is 10.0. The monoisotopic (exact) mass is 699 g/mol. The summed E-state index contributed by atoms with van der Waals surface area (Å²) < 4.78 is 29.4. The summed E-state index contributed by atoms with van der Waals surface area (Å²) in [5.41, 5.74) is 2.08. The first-order valence-corrected chi connectivity index (χ1v) is 17.4. The molecule has 0 unspecified atom stereocenters. The summed E-state index contributed by atoms with van der Waals surface area (Å²) >= 11 is 19.5. The van der Waals surface area contributed by atoms with Crippen LogP contribution >= 0.6 is 34.8 Å². The minimum atomic E-state index is -4.26. The molecule has 0 bridgehead atoms. The molecule has 4 rings (SSSR count). The van der Waals surface area contributed by atoms with E-state index in [0.717, 1.165) is 9.87 Å². The number of aryl methyl sites for hydroxylation is 1. The molecule has 0 fully saturated rings. The van der Waals surface area contributed by atoms with Gasteiger partial charge in [0, 0.05) is 39.6 Å². The predicted octanol–water partition coefficient (Wildman–Crippen LogP) is 7.71. The average molecular weight is 701 g/mol. The van der Waals surface area contributed by atoms with Crippen LogP contribution in [0.3, 0.4) is 0 Å². The zero-order valence-electron chi connectivity index (χ0n) is 25.8. The Bertz CT molecular complexity index is 1750. The quantitative estimate of drug-likeness (QED) is 0.155. The predicted molar refractivity (Wildman–Crippen MR) is 186 cm³/mol. The Labute approximate surface area is 286 Å². The fourth-order valence-corrected chi connectivity index (χ4v) is 7.11. The Morgan fingerprint density at radius 1 is 0.848 bits per heavy atom. The van der Waals surface area contributed by atoms with E-state index in [0.29, 0.717) is 32.6 Å². The van der Waals surface area contributed by atoms with Crippen molar-refractivity contribution in [3.63, 3.8) is 0 Å². The number of nitrogens with zero attached hydrogens (tertiary/aromatic N) is 2. The van der Waals surface area contributed by atoms with Gasteiger partial charge in [-0.3, -0.25) is 13.9 Å². The minimum absolute atomic E-state index is 0.00165. The number of carbonyl (C=O) groups is 2. The zero-order chi connectivity index (χ0) is 33.4. The Kier molecular flexibility index (Phi) is 12.1. The smallest absolute Gasteiger partial charge is 0.264 e. The van der Waals surface area contributed by atoms with Gasteiger partial charge in [-0.25, -0.2) is 8.42 Å². The number of halogens is 3. The van der Waals surface area contributed by atoms with Crippen LogP contribution in [-0.4, -0.2) is 43.8 Å². The molecule has 4 aromatic rings. The van der Waals surface area contributed by atoms with E-state index in [1.54, 1.807) is 55.5 Å². The lowest BCUT2D eigenvalue weighted by molar-refractivity contribution is -0.140. The highest BCUT2D eigenvalue weighted by Gasteiger charge is 2.36. The summed E-state index contributed by atoms with van der Waals surface area (Å²) in [4.78, 5) is 30.0. The molecular weight excluding hydrogens is 665 g/mol. The second-order valence-corrected chi connectivity index (χ2v) is 14.1. The molecule has 11 heteroatoms. The van der Waals surface area contributed by atoms with Crippen molar-refractivity contribution in [1.29, 1.82) is 0 Å². The third-order valence-corrected chi connectivity index (χ3v) is 10.4. The fourth-order valence-electron chi connectivity index (χ4n) is 4.93. The third-order valence-electron chi connectivity index (χ3n) is 7.71. The maximum absolute atomic E-state index is 14.6. The molecule has 2 amide bonds. The van der Waals surface area contributed by atoms with Crippen molar-refractivity contribution in [2.24, 2.45) is 0 Å². The van der Waals surface area contributed by atoms with E-state index in [2.05, 4.69) is 5.32 Å². The highest BCUT2D eigenvalue weighted by atomic mass is 35.5. The minimum Gasteiger partial charge on any atom is -0.352 e. The number of anilines is 1. The van der Waals surface area contributed by atoms with Gasteiger partial charge in [0.2, 0.25) is 11.8 Å². The lowest BCUT2D eigenvalue weighted by Crippen LogP contribution is -2.54. The van der Waals surface area contributed by atoms with Crippen molar-refractivity contribution in [3.8, 4) is 0 Å². The normalized spacial score (nSPS) is 12.7. The summed E-state index contributed by atoms with van der Waals surface area (Å²) in [7, 11) is -4.26. The van der Waals surface area contributed by atoms with Gasteiger partial charge in [0.05, 0.1) is 10.6 Å². The summed E-state index contributed by atoms with van der Waals surface area (Å²) in [5.74, 6) is -1.01.